The second kappa shape index (κ2) is 5.98. The monoisotopic (exact) mass is 203 g/mol. The molecule has 0 bridgehead atoms. The Hall–Kier alpha value is -0.610. The fraction of sp³-hybridized carbons (Fsp3) is 0.900. The summed E-state index contributed by atoms with van der Waals surface area (Å²) in [6.07, 6.45) is 0.617. The number of aliphatic carboxylic acids is 1. The summed E-state index contributed by atoms with van der Waals surface area (Å²) in [5.41, 5.74) is 0.0170. The van der Waals surface area contributed by atoms with Crippen molar-refractivity contribution < 1.29 is 14.6 Å². The minimum Gasteiger partial charge on any atom is -0.480 e. The number of methoxy groups -OCH3 is 1. The smallest absolute Gasteiger partial charge is 0.320 e. The van der Waals surface area contributed by atoms with Gasteiger partial charge in [-0.1, -0.05) is 20.8 Å². The maximum atomic E-state index is 10.9. The molecule has 0 aromatic heterocycles. The maximum Gasteiger partial charge on any atom is 0.320 e. The molecule has 0 aliphatic carbocycles. The van der Waals surface area contributed by atoms with Crippen LogP contribution in [0.15, 0.2) is 0 Å². The van der Waals surface area contributed by atoms with Crippen LogP contribution in [0.3, 0.4) is 0 Å². The molecule has 0 amide bonds. The SMILES string of the molecule is COCCNC(CC(C)(C)C)C(=O)O. The first-order chi connectivity index (χ1) is 6.37. The Labute approximate surface area is 85.6 Å². The van der Waals surface area contributed by atoms with E-state index in [2.05, 4.69) is 5.32 Å². The normalized spacial score (nSPS) is 14.0. The Morgan fingerprint density at radius 2 is 2.07 bits per heavy atom. The molecule has 2 N–H and O–H groups in total. The number of carboxylic acid groups (broad SMARTS) is 1. The highest BCUT2D eigenvalue weighted by molar-refractivity contribution is 5.73. The average Bonchev–Trinajstić information content (AvgIpc) is 2.00. The summed E-state index contributed by atoms with van der Waals surface area (Å²) in [5, 5.41) is 11.9. The number of ether oxygens (including phenoxy) is 1. The number of nitrogens with one attached hydrogen (secondary N) is 1. The van der Waals surface area contributed by atoms with Gasteiger partial charge in [0.25, 0.3) is 0 Å². The second-order valence-electron chi connectivity index (χ2n) is 4.60. The number of carbonyl (C=O) groups is 1. The Morgan fingerprint density at radius 3 is 2.43 bits per heavy atom. The molecule has 4 heteroatoms. The summed E-state index contributed by atoms with van der Waals surface area (Å²) in [6.45, 7) is 7.19. The van der Waals surface area contributed by atoms with Crippen LogP contribution in [0.25, 0.3) is 0 Å². The van der Waals surface area contributed by atoms with Crippen molar-refractivity contribution in [1.82, 2.24) is 5.32 Å². The lowest BCUT2D eigenvalue weighted by atomic mass is 9.88. The Bertz CT molecular complexity index is 175. The molecule has 0 aromatic rings. The number of rotatable bonds is 6. The minimum absolute atomic E-state index is 0.0170. The Morgan fingerprint density at radius 1 is 1.50 bits per heavy atom. The highest BCUT2D eigenvalue weighted by Gasteiger charge is 2.23. The molecule has 0 aliphatic rings. The quantitative estimate of drug-likeness (QED) is 0.635. The molecular formula is C10H21NO3. The van der Waals surface area contributed by atoms with E-state index in [1.54, 1.807) is 7.11 Å². The highest BCUT2D eigenvalue weighted by atomic mass is 16.5. The van der Waals surface area contributed by atoms with E-state index >= 15 is 0 Å². The van der Waals surface area contributed by atoms with Crippen molar-refractivity contribution in [3.63, 3.8) is 0 Å². The van der Waals surface area contributed by atoms with Gasteiger partial charge >= 0.3 is 5.97 Å². The zero-order valence-electron chi connectivity index (χ0n) is 9.46. The zero-order valence-corrected chi connectivity index (χ0v) is 9.46. The largest absolute Gasteiger partial charge is 0.480 e. The van der Waals surface area contributed by atoms with Crippen molar-refractivity contribution in [3.8, 4) is 0 Å². The summed E-state index contributed by atoms with van der Waals surface area (Å²) in [4.78, 5) is 10.9. The third-order valence-corrected chi connectivity index (χ3v) is 1.81. The third-order valence-electron chi connectivity index (χ3n) is 1.81. The van der Waals surface area contributed by atoms with Crippen LogP contribution in [0.4, 0.5) is 0 Å². The van der Waals surface area contributed by atoms with Crippen molar-refractivity contribution in [3.05, 3.63) is 0 Å². The molecular weight excluding hydrogens is 182 g/mol. The van der Waals surface area contributed by atoms with Crippen LogP contribution in [0.5, 0.6) is 0 Å². The van der Waals surface area contributed by atoms with Crippen LogP contribution in [-0.4, -0.2) is 37.4 Å². The summed E-state index contributed by atoms with van der Waals surface area (Å²) < 4.78 is 4.85. The van der Waals surface area contributed by atoms with Gasteiger partial charge in [-0.15, -0.1) is 0 Å². The third kappa shape index (κ3) is 6.86. The lowest BCUT2D eigenvalue weighted by Crippen LogP contribution is -2.41. The first-order valence-corrected chi connectivity index (χ1v) is 4.82. The highest BCUT2D eigenvalue weighted by Crippen LogP contribution is 2.20. The standard InChI is InChI=1S/C10H21NO3/c1-10(2,3)7-8(9(12)13)11-5-6-14-4/h8,11H,5-7H2,1-4H3,(H,12,13). The van der Waals surface area contributed by atoms with Crippen LogP contribution in [0.2, 0.25) is 0 Å². The molecule has 1 unspecified atom stereocenters. The summed E-state index contributed by atoms with van der Waals surface area (Å²) in [7, 11) is 1.60. The summed E-state index contributed by atoms with van der Waals surface area (Å²) >= 11 is 0. The van der Waals surface area contributed by atoms with Gasteiger partial charge in [-0.25, -0.2) is 0 Å². The predicted octanol–water partition coefficient (Wildman–Crippen LogP) is 1.11. The van der Waals surface area contributed by atoms with Gasteiger partial charge in [0.05, 0.1) is 6.61 Å². The van der Waals surface area contributed by atoms with Gasteiger partial charge in [0.15, 0.2) is 0 Å². The number of hydrogen-bond acceptors (Lipinski definition) is 3. The summed E-state index contributed by atoms with van der Waals surface area (Å²) in [6, 6.07) is -0.481. The van der Waals surface area contributed by atoms with E-state index in [-0.39, 0.29) is 5.41 Å². The molecule has 1 atom stereocenters. The van der Waals surface area contributed by atoms with Gasteiger partial charge in [-0.05, 0) is 11.8 Å². The molecule has 0 fully saturated rings. The van der Waals surface area contributed by atoms with E-state index in [9.17, 15) is 4.79 Å². The molecule has 0 radical (unpaired) electrons. The van der Waals surface area contributed by atoms with Gasteiger partial charge in [0, 0.05) is 13.7 Å². The molecule has 0 aliphatic heterocycles. The molecule has 14 heavy (non-hydrogen) atoms. The van der Waals surface area contributed by atoms with E-state index in [0.29, 0.717) is 19.6 Å². The second-order valence-corrected chi connectivity index (χ2v) is 4.60. The van der Waals surface area contributed by atoms with Crippen LogP contribution in [-0.2, 0) is 9.53 Å². The Kier molecular flexibility index (Phi) is 5.72. The van der Waals surface area contributed by atoms with Gasteiger partial charge in [-0.3, -0.25) is 4.79 Å². The molecule has 0 aromatic carbocycles. The minimum atomic E-state index is -0.795. The molecule has 0 saturated carbocycles. The lowest BCUT2D eigenvalue weighted by Gasteiger charge is -2.23. The molecule has 0 rings (SSSR count). The molecule has 0 heterocycles. The first-order valence-electron chi connectivity index (χ1n) is 4.82. The topological polar surface area (TPSA) is 58.6 Å². The van der Waals surface area contributed by atoms with Crippen molar-refractivity contribution >= 4 is 5.97 Å². The van der Waals surface area contributed by atoms with Crippen molar-refractivity contribution in [2.24, 2.45) is 5.41 Å². The van der Waals surface area contributed by atoms with E-state index in [1.807, 2.05) is 20.8 Å². The lowest BCUT2D eigenvalue weighted by molar-refractivity contribution is -0.140. The van der Waals surface area contributed by atoms with Crippen molar-refractivity contribution in [2.75, 3.05) is 20.3 Å². The fourth-order valence-electron chi connectivity index (χ4n) is 1.19. The van der Waals surface area contributed by atoms with E-state index < -0.39 is 12.0 Å². The Balaban J connectivity index is 3.97. The van der Waals surface area contributed by atoms with Gasteiger partial charge in [0.2, 0.25) is 0 Å². The van der Waals surface area contributed by atoms with Crippen molar-refractivity contribution in [1.29, 1.82) is 0 Å². The van der Waals surface area contributed by atoms with E-state index in [0.717, 1.165) is 0 Å². The van der Waals surface area contributed by atoms with Crippen LogP contribution < -0.4 is 5.32 Å². The fourth-order valence-corrected chi connectivity index (χ4v) is 1.19. The summed E-state index contributed by atoms with van der Waals surface area (Å²) in [5.74, 6) is -0.795. The zero-order chi connectivity index (χ0) is 11.2. The van der Waals surface area contributed by atoms with E-state index in [1.165, 1.54) is 0 Å². The van der Waals surface area contributed by atoms with Crippen LogP contribution in [0.1, 0.15) is 27.2 Å². The van der Waals surface area contributed by atoms with Crippen LogP contribution in [0, 0.1) is 5.41 Å². The van der Waals surface area contributed by atoms with Gasteiger partial charge in [-0.2, -0.15) is 0 Å². The van der Waals surface area contributed by atoms with Crippen molar-refractivity contribution in [2.45, 2.75) is 33.2 Å². The number of hydrogen-bond donors (Lipinski definition) is 2. The first kappa shape index (κ1) is 13.4. The molecule has 0 saturated heterocycles. The predicted molar refractivity (Wildman–Crippen MR) is 55.4 cm³/mol. The average molecular weight is 203 g/mol. The van der Waals surface area contributed by atoms with E-state index in [4.69, 9.17) is 9.84 Å². The molecule has 84 valence electrons. The number of carboxylic acids is 1. The van der Waals surface area contributed by atoms with Crippen LogP contribution >= 0.6 is 0 Å². The van der Waals surface area contributed by atoms with Gasteiger partial charge < -0.3 is 15.2 Å². The van der Waals surface area contributed by atoms with Gasteiger partial charge in [0.1, 0.15) is 6.04 Å². The maximum absolute atomic E-state index is 10.9. The molecule has 4 nitrogen and oxygen atoms in total. The molecule has 0 spiro atoms.